The number of phenolic OH excluding ortho intramolecular Hbond substituents is 1. The zero-order valence-electron chi connectivity index (χ0n) is 11.7. The quantitative estimate of drug-likeness (QED) is 0.656. The van der Waals surface area contributed by atoms with E-state index in [2.05, 4.69) is 20.9 Å². The molecule has 0 saturated carbocycles. The van der Waals surface area contributed by atoms with Gasteiger partial charge in [-0.15, -0.1) is 0 Å². The molecule has 0 amide bonds. The van der Waals surface area contributed by atoms with E-state index in [-0.39, 0.29) is 17.3 Å². The lowest BCUT2D eigenvalue weighted by Gasteiger charge is -1.99. The summed E-state index contributed by atoms with van der Waals surface area (Å²) in [5, 5.41) is 9.88. The van der Waals surface area contributed by atoms with E-state index >= 15 is 0 Å². The third kappa shape index (κ3) is 2.94. The third-order valence-electron chi connectivity index (χ3n) is 3.20. The number of hydrogen-bond acceptors (Lipinski definition) is 4. The fourth-order valence-electron chi connectivity index (χ4n) is 2.01. The maximum absolute atomic E-state index is 11.9. The second-order valence-electron chi connectivity index (χ2n) is 4.91. The second kappa shape index (κ2) is 5.77. The van der Waals surface area contributed by atoms with E-state index in [0.717, 1.165) is 15.6 Å². The van der Waals surface area contributed by atoms with E-state index in [1.807, 2.05) is 31.2 Å². The minimum atomic E-state index is -0.530. The Kier molecular flexibility index (Phi) is 3.81. The van der Waals surface area contributed by atoms with Gasteiger partial charge in [-0.05, 0) is 37.3 Å². The molecule has 5 heteroatoms. The summed E-state index contributed by atoms with van der Waals surface area (Å²) >= 11 is 3.27. The van der Waals surface area contributed by atoms with E-state index in [1.54, 1.807) is 18.2 Å². The predicted molar refractivity (Wildman–Crippen MR) is 87.6 cm³/mol. The van der Waals surface area contributed by atoms with Crippen LogP contribution in [0.3, 0.4) is 0 Å². The number of ether oxygens (including phenoxy) is 1. The molecular weight excluding hydrogens is 346 g/mol. The summed E-state index contributed by atoms with van der Waals surface area (Å²) in [5.74, 6) is -0.195. The molecule has 1 aliphatic rings. The zero-order chi connectivity index (χ0) is 15.7. The molecule has 110 valence electrons. The van der Waals surface area contributed by atoms with Crippen LogP contribution in [0.25, 0.3) is 6.08 Å². The van der Waals surface area contributed by atoms with Crippen LogP contribution >= 0.6 is 15.9 Å². The van der Waals surface area contributed by atoms with Crippen molar-refractivity contribution in [3.8, 4) is 5.75 Å². The summed E-state index contributed by atoms with van der Waals surface area (Å²) < 4.78 is 5.94. The number of cyclic esters (lactones) is 1. The van der Waals surface area contributed by atoms with Crippen LogP contribution in [0.1, 0.15) is 16.7 Å². The Morgan fingerprint density at radius 3 is 2.59 bits per heavy atom. The first kappa shape index (κ1) is 14.5. The number of nitrogens with zero attached hydrogens (tertiary/aromatic N) is 1. The summed E-state index contributed by atoms with van der Waals surface area (Å²) in [6.07, 6.45) is 1.51. The number of halogens is 1. The fourth-order valence-corrected chi connectivity index (χ4v) is 2.36. The van der Waals surface area contributed by atoms with Crippen molar-refractivity contribution in [3.05, 3.63) is 69.3 Å². The molecule has 0 bridgehead atoms. The Morgan fingerprint density at radius 2 is 1.91 bits per heavy atom. The van der Waals surface area contributed by atoms with Gasteiger partial charge in [0.05, 0.1) is 0 Å². The maximum atomic E-state index is 11.9. The number of carbonyl (C=O) groups is 1. The predicted octanol–water partition coefficient (Wildman–Crippen LogP) is 3.81. The number of aromatic hydroxyl groups is 1. The van der Waals surface area contributed by atoms with Crippen LogP contribution in [0.2, 0.25) is 0 Å². The first-order valence-electron chi connectivity index (χ1n) is 6.61. The molecule has 2 aromatic carbocycles. The van der Waals surface area contributed by atoms with E-state index in [9.17, 15) is 9.90 Å². The van der Waals surface area contributed by atoms with Crippen LogP contribution in [-0.2, 0) is 9.53 Å². The van der Waals surface area contributed by atoms with E-state index < -0.39 is 5.97 Å². The molecule has 0 aliphatic carbocycles. The molecule has 0 aromatic heterocycles. The molecule has 22 heavy (non-hydrogen) atoms. The van der Waals surface area contributed by atoms with Gasteiger partial charge in [0.2, 0.25) is 5.90 Å². The molecule has 3 rings (SSSR count). The van der Waals surface area contributed by atoms with E-state index in [1.165, 1.54) is 6.08 Å². The summed E-state index contributed by atoms with van der Waals surface area (Å²) in [6, 6.07) is 12.6. The number of hydrogen-bond donors (Lipinski definition) is 1. The van der Waals surface area contributed by atoms with Crippen molar-refractivity contribution in [2.45, 2.75) is 6.92 Å². The van der Waals surface area contributed by atoms with Gasteiger partial charge in [-0.3, -0.25) is 0 Å². The molecule has 0 unspecified atom stereocenters. The Bertz CT molecular complexity index is 807. The molecule has 4 nitrogen and oxygen atoms in total. The number of aryl methyl sites for hydroxylation is 1. The van der Waals surface area contributed by atoms with Crippen LogP contribution in [0.5, 0.6) is 5.75 Å². The molecule has 2 aromatic rings. The van der Waals surface area contributed by atoms with Crippen molar-refractivity contribution < 1.29 is 14.6 Å². The van der Waals surface area contributed by atoms with Gasteiger partial charge in [0.1, 0.15) is 5.75 Å². The van der Waals surface area contributed by atoms with Gasteiger partial charge in [-0.2, -0.15) is 0 Å². The van der Waals surface area contributed by atoms with Crippen LogP contribution in [0.15, 0.2) is 57.6 Å². The molecule has 1 heterocycles. The van der Waals surface area contributed by atoms with Crippen LogP contribution in [0.4, 0.5) is 0 Å². The Balaban J connectivity index is 1.95. The van der Waals surface area contributed by atoms with Crippen molar-refractivity contribution in [2.75, 3.05) is 0 Å². The molecular formula is C17H12BrNO3. The first-order chi connectivity index (χ1) is 10.5. The smallest absolute Gasteiger partial charge is 0.363 e. The second-order valence-corrected chi connectivity index (χ2v) is 5.82. The normalized spacial score (nSPS) is 15.8. The molecule has 1 aliphatic heterocycles. The van der Waals surface area contributed by atoms with Crippen molar-refractivity contribution >= 4 is 33.9 Å². The lowest BCUT2D eigenvalue weighted by molar-refractivity contribution is -0.129. The summed E-state index contributed by atoms with van der Waals surface area (Å²) in [4.78, 5) is 16.1. The maximum Gasteiger partial charge on any atom is 0.363 e. The Morgan fingerprint density at radius 1 is 1.18 bits per heavy atom. The molecule has 0 fully saturated rings. The average molecular weight is 358 g/mol. The number of esters is 1. The molecule has 0 spiro atoms. The van der Waals surface area contributed by atoms with E-state index in [0.29, 0.717) is 5.56 Å². The lowest BCUT2D eigenvalue weighted by atomic mass is 10.1. The first-order valence-corrected chi connectivity index (χ1v) is 7.40. The molecule has 0 atom stereocenters. The highest BCUT2D eigenvalue weighted by molar-refractivity contribution is 9.10. The zero-order valence-corrected chi connectivity index (χ0v) is 13.3. The van der Waals surface area contributed by atoms with Gasteiger partial charge in [0.15, 0.2) is 5.70 Å². The van der Waals surface area contributed by atoms with Crippen molar-refractivity contribution in [3.63, 3.8) is 0 Å². The SMILES string of the molecule is Cc1ccc(C2=NC(=Cc3ccc(Br)cc3O)C(=O)O2)cc1. The van der Waals surface area contributed by atoms with Crippen LogP contribution in [-0.4, -0.2) is 17.0 Å². The van der Waals surface area contributed by atoms with Gasteiger partial charge in [-0.25, -0.2) is 9.79 Å². The molecule has 1 N–H and O–H groups in total. The lowest BCUT2D eigenvalue weighted by Crippen LogP contribution is -2.05. The number of rotatable bonds is 2. The highest BCUT2D eigenvalue weighted by Gasteiger charge is 2.24. The number of phenols is 1. The van der Waals surface area contributed by atoms with Crippen molar-refractivity contribution in [2.24, 2.45) is 4.99 Å². The number of carbonyl (C=O) groups excluding carboxylic acids is 1. The summed E-state index contributed by atoms with van der Waals surface area (Å²) in [5.41, 5.74) is 2.52. The molecule has 0 saturated heterocycles. The topological polar surface area (TPSA) is 58.9 Å². The van der Waals surface area contributed by atoms with Crippen LogP contribution < -0.4 is 0 Å². The third-order valence-corrected chi connectivity index (χ3v) is 3.70. The summed E-state index contributed by atoms with van der Waals surface area (Å²) in [7, 11) is 0. The number of aliphatic imine (C=N–C) groups is 1. The van der Waals surface area contributed by atoms with Crippen molar-refractivity contribution in [1.82, 2.24) is 0 Å². The Labute approximate surface area is 135 Å². The van der Waals surface area contributed by atoms with Gasteiger partial charge in [0, 0.05) is 15.6 Å². The Hall–Kier alpha value is -2.40. The minimum absolute atomic E-state index is 0.0636. The minimum Gasteiger partial charge on any atom is -0.507 e. The average Bonchev–Trinajstić information content (AvgIpc) is 2.84. The van der Waals surface area contributed by atoms with E-state index in [4.69, 9.17) is 4.74 Å². The monoisotopic (exact) mass is 357 g/mol. The van der Waals surface area contributed by atoms with Gasteiger partial charge < -0.3 is 9.84 Å². The van der Waals surface area contributed by atoms with Gasteiger partial charge in [-0.1, -0.05) is 39.7 Å². The standard InChI is InChI=1S/C17H12BrNO3/c1-10-2-4-11(5-3-10)16-19-14(17(21)22-16)8-12-6-7-13(18)9-15(12)20/h2-9,20H,1H3. The highest BCUT2D eigenvalue weighted by Crippen LogP contribution is 2.26. The summed E-state index contributed by atoms with van der Waals surface area (Å²) in [6.45, 7) is 1.98. The van der Waals surface area contributed by atoms with Crippen LogP contribution in [0, 0.1) is 6.92 Å². The number of benzene rings is 2. The molecule has 0 radical (unpaired) electrons. The highest BCUT2D eigenvalue weighted by atomic mass is 79.9. The van der Waals surface area contributed by atoms with Gasteiger partial charge in [0.25, 0.3) is 0 Å². The largest absolute Gasteiger partial charge is 0.507 e. The fraction of sp³-hybridized carbons (Fsp3) is 0.0588. The van der Waals surface area contributed by atoms with Gasteiger partial charge >= 0.3 is 5.97 Å². The van der Waals surface area contributed by atoms with Crippen molar-refractivity contribution in [1.29, 1.82) is 0 Å².